The van der Waals surface area contributed by atoms with Crippen LogP contribution in [0.15, 0.2) is 35.1 Å². The van der Waals surface area contributed by atoms with Gasteiger partial charge in [-0.25, -0.2) is 9.48 Å². The van der Waals surface area contributed by atoms with Gasteiger partial charge in [0.05, 0.1) is 12.3 Å². The van der Waals surface area contributed by atoms with Crippen molar-refractivity contribution in [1.82, 2.24) is 9.78 Å². The second-order valence-electron chi connectivity index (χ2n) is 4.57. The lowest BCUT2D eigenvalue weighted by Gasteiger charge is -2.11. The van der Waals surface area contributed by atoms with Gasteiger partial charge >= 0.3 is 5.97 Å². The molecule has 7 heteroatoms. The van der Waals surface area contributed by atoms with Gasteiger partial charge in [0.2, 0.25) is 11.1 Å². The van der Waals surface area contributed by atoms with Crippen molar-refractivity contribution < 1.29 is 9.53 Å². The third kappa shape index (κ3) is 3.96. The van der Waals surface area contributed by atoms with E-state index in [4.69, 9.17) is 16.3 Å². The van der Waals surface area contributed by atoms with Crippen LogP contribution in [-0.2, 0) is 4.74 Å². The van der Waals surface area contributed by atoms with Crippen molar-refractivity contribution in [2.75, 3.05) is 11.9 Å². The maximum atomic E-state index is 12.0. The van der Waals surface area contributed by atoms with Crippen LogP contribution in [0.1, 0.15) is 22.6 Å². The minimum Gasteiger partial charge on any atom is -0.461 e. The summed E-state index contributed by atoms with van der Waals surface area (Å²) in [6.45, 7) is 1.98. The third-order valence-electron chi connectivity index (χ3n) is 2.88. The molecule has 0 aliphatic heterocycles. The van der Waals surface area contributed by atoms with Gasteiger partial charge in [0.25, 0.3) is 0 Å². The van der Waals surface area contributed by atoms with E-state index in [2.05, 4.69) is 21.0 Å². The molecule has 0 atom stereocenters. The molecule has 0 radical (unpaired) electrons. The Morgan fingerprint density at radius 2 is 2.05 bits per heavy atom. The molecule has 0 bridgehead atoms. The number of halogens is 2. The van der Waals surface area contributed by atoms with Crippen LogP contribution >= 0.6 is 27.5 Å². The number of hydrogen-bond acceptors (Lipinski definition) is 4. The number of carbonyl (C=O) groups is 1. The largest absolute Gasteiger partial charge is 0.461 e. The van der Waals surface area contributed by atoms with Crippen LogP contribution in [0, 0.1) is 6.92 Å². The van der Waals surface area contributed by atoms with Crippen LogP contribution in [0.2, 0.25) is 5.02 Å². The van der Waals surface area contributed by atoms with E-state index in [0.717, 1.165) is 5.33 Å². The van der Waals surface area contributed by atoms with E-state index >= 15 is 0 Å². The van der Waals surface area contributed by atoms with Crippen LogP contribution in [0.4, 0.5) is 0 Å². The molecule has 5 nitrogen and oxygen atoms in total. The molecule has 0 unspecified atom stereocenters. The lowest BCUT2D eigenvalue weighted by atomic mass is 10.3. The highest BCUT2D eigenvalue weighted by Gasteiger charge is 2.16. The van der Waals surface area contributed by atoms with E-state index in [1.807, 2.05) is 0 Å². The highest BCUT2D eigenvalue weighted by molar-refractivity contribution is 9.09. The Labute approximate surface area is 141 Å². The number of benzene rings is 1. The molecule has 0 saturated heterocycles. The first kappa shape index (κ1) is 16.7. The molecule has 0 aliphatic carbocycles. The van der Waals surface area contributed by atoms with E-state index in [0.29, 0.717) is 22.8 Å². The summed E-state index contributed by atoms with van der Waals surface area (Å²) in [6.07, 6.45) is 0.670. The molecule has 1 aromatic heterocycles. The number of alkyl halides is 1. The molecule has 22 heavy (non-hydrogen) atoms. The molecule has 1 aromatic carbocycles. The van der Waals surface area contributed by atoms with Crippen LogP contribution in [-0.4, -0.2) is 27.7 Å². The van der Waals surface area contributed by atoms with Gasteiger partial charge < -0.3 is 4.74 Å². The highest BCUT2D eigenvalue weighted by atomic mass is 79.9. The summed E-state index contributed by atoms with van der Waals surface area (Å²) >= 11 is 9.10. The fourth-order valence-electron chi connectivity index (χ4n) is 1.82. The average molecular weight is 386 g/mol. The third-order valence-corrected chi connectivity index (χ3v) is 3.70. The van der Waals surface area contributed by atoms with Gasteiger partial charge in [-0.3, -0.25) is 4.79 Å². The van der Waals surface area contributed by atoms with Gasteiger partial charge in [-0.1, -0.05) is 27.5 Å². The molecule has 0 fully saturated rings. The van der Waals surface area contributed by atoms with Gasteiger partial charge in [0.1, 0.15) is 0 Å². The molecule has 1 heterocycles. The Hall–Kier alpha value is -1.66. The van der Waals surface area contributed by atoms with E-state index in [1.165, 1.54) is 10.7 Å². The monoisotopic (exact) mass is 384 g/mol. The Balaban J connectivity index is 2.36. The molecule has 0 spiro atoms. The summed E-state index contributed by atoms with van der Waals surface area (Å²) in [5.41, 5.74) is 0.641. The molecule has 2 rings (SSSR count). The number of esters is 1. The molecule has 2 aromatic rings. The zero-order valence-electron chi connectivity index (χ0n) is 11.9. The van der Waals surface area contributed by atoms with E-state index in [1.54, 1.807) is 31.2 Å². The summed E-state index contributed by atoms with van der Waals surface area (Å²) in [5, 5.41) is 5.44. The smallest absolute Gasteiger partial charge is 0.362 e. The van der Waals surface area contributed by atoms with Crippen molar-refractivity contribution in [1.29, 1.82) is 0 Å². The van der Waals surface area contributed by atoms with Crippen LogP contribution in [0.25, 0.3) is 5.69 Å². The van der Waals surface area contributed by atoms with Gasteiger partial charge in [0.15, 0.2) is 0 Å². The highest BCUT2D eigenvalue weighted by Crippen LogP contribution is 2.13. The maximum Gasteiger partial charge on any atom is 0.362 e. The minimum absolute atomic E-state index is 0.227. The number of ether oxygens (including phenoxy) is 1. The summed E-state index contributed by atoms with van der Waals surface area (Å²) < 4.78 is 6.55. The lowest BCUT2D eigenvalue weighted by Crippen LogP contribution is -2.24. The quantitative estimate of drug-likeness (QED) is 0.451. The number of aryl methyl sites for hydroxylation is 1. The topological polar surface area (TPSA) is 61.2 Å². The number of hydrogen-bond donors (Lipinski definition) is 0. The normalized spacial score (nSPS) is 10.5. The van der Waals surface area contributed by atoms with Crippen LogP contribution in [0.3, 0.4) is 0 Å². The lowest BCUT2D eigenvalue weighted by molar-refractivity contribution is 0.0495. The van der Waals surface area contributed by atoms with E-state index in [9.17, 15) is 9.59 Å². The number of rotatable bonds is 5. The Morgan fingerprint density at radius 1 is 1.36 bits per heavy atom. The van der Waals surface area contributed by atoms with Gasteiger partial charge in [-0.05, 0) is 37.6 Å². The maximum absolute atomic E-state index is 12.0. The van der Waals surface area contributed by atoms with E-state index < -0.39 is 11.4 Å². The van der Waals surface area contributed by atoms with E-state index in [-0.39, 0.29) is 12.3 Å². The van der Waals surface area contributed by atoms with Crippen molar-refractivity contribution >= 4 is 33.5 Å². The SMILES string of the molecule is Cc1cc(=O)c(C(=O)OCCCBr)nn1-c1ccc(Cl)cc1. The Kier molecular flexibility index (Phi) is 5.74. The fraction of sp³-hybridized carbons (Fsp3) is 0.267. The van der Waals surface area contributed by atoms with Gasteiger partial charge in [0, 0.05) is 22.1 Å². The van der Waals surface area contributed by atoms with Crippen molar-refractivity contribution in [3.8, 4) is 5.69 Å². The number of aromatic nitrogens is 2. The zero-order chi connectivity index (χ0) is 16.1. The molecular formula is C15H14BrClN2O3. The second kappa shape index (κ2) is 7.56. The van der Waals surface area contributed by atoms with Crippen LogP contribution in [0.5, 0.6) is 0 Å². The standard InChI is InChI=1S/C15H14BrClN2O3/c1-10-9-13(20)14(15(21)22-8-2-7-16)18-19(10)12-5-3-11(17)4-6-12/h3-6,9H,2,7-8H2,1H3. The molecular weight excluding hydrogens is 372 g/mol. The number of carbonyl (C=O) groups excluding carboxylic acids is 1. The van der Waals surface area contributed by atoms with Crippen molar-refractivity contribution in [2.45, 2.75) is 13.3 Å². The Bertz CT molecular complexity index is 729. The summed E-state index contributed by atoms with van der Waals surface area (Å²) in [5.74, 6) is -0.714. The number of nitrogens with zero attached hydrogens (tertiary/aromatic N) is 2. The minimum atomic E-state index is -0.714. The van der Waals surface area contributed by atoms with Crippen molar-refractivity contribution in [3.05, 3.63) is 57.0 Å². The summed E-state index contributed by atoms with van der Waals surface area (Å²) in [7, 11) is 0. The first-order valence-corrected chi connectivity index (χ1v) is 8.13. The summed E-state index contributed by atoms with van der Waals surface area (Å²) in [6, 6.07) is 8.30. The Morgan fingerprint density at radius 3 is 2.68 bits per heavy atom. The average Bonchev–Trinajstić information content (AvgIpc) is 2.48. The molecule has 0 amide bonds. The van der Waals surface area contributed by atoms with Gasteiger partial charge in [-0.15, -0.1) is 0 Å². The molecule has 0 saturated carbocycles. The van der Waals surface area contributed by atoms with Gasteiger partial charge in [-0.2, -0.15) is 5.10 Å². The molecule has 0 N–H and O–H groups in total. The first-order valence-electron chi connectivity index (χ1n) is 6.63. The molecule has 116 valence electrons. The predicted octanol–water partition coefficient (Wildman–Crippen LogP) is 3.14. The molecule has 0 aliphatic rings. The van der Waals surface area contributed by atoms with Crippen molar-refractivity contribution in [3.63, 3.8) is 0 Å². The predicted molar refractivity (Wildman–Crippen MR) is 88.3 cm³/mol. The first-order chi connectivity index (χ1) is 10.5. The summed E-state index contributed by atoms with van der Waals surface area (Å²) in [4.78, 5) is 23.9. The van der Waals surface area contributed by atoms with Crippen LogP contribution < -0.4 is 5.43 Å². The fourth-order valence-corrected chi connectivity index (χ4v) is 2.18. The van der Waals surface area contributed by atoms with Crippen molar-refractivity contribution in [2.24, 2.45) is 0 Å². The second-order valence-corrected chi connectivity index (χ2v) is 5.79. The zero-order valence-corrected chi connectivity index (χ0v) is 14.2.